The van der Waals surface area contributed by atoms with Crippen LogP contribution in [-0.4, -0.2) is 57.6 Å². The van der Waals surface area contributed by atoms with E-state index in [1.165, 1.54) is 16.5 Å². The van der Waals surface area contributed by atoms with E-state index in [0.717, 1.165) is 17.5 Å². The van der Waals surface area contributed by atoms with E-state index in [1.54, 1.807) is 37.4 Å². The van der Waals surface area contributed by atoms with Crippen molar-refractivity contribution < 1.29 is 9.59 Å². The van der Waals surface area contributed by atoms with Crippen molar-refractivity contribution in [3.05, 3.63) is 58.5 Å². The molecule has 0 aliphatic rings. The average molecular weight is 411 g/mol. The number of carbonyl (C=O) groups excluding carboxylic acids is 2. The molecule has 2 aromatic heterocycles. The third-order valence-electron chi connectivity index (χ3n) is 4.26. The third kappa shape index (κ3) is 4.62. The van der Waals surface area contributed by atoms with Crippen LogP contribution in [-0.2, 0) is 9.59 Å². The summed E-state index contributed by atoms with van der Waals surface area (Å²) in [5.74, 6) is -0.0217. The first-order valence-corrected chi connectivity index (χ1v) is 9.92. The minimum absolute atomic E-state index is 0.0318. The largest absolute Gasteiger partial charge is 0.358 e. The molecule has 3 aromatic rings. The number of amides is 2. The fraction of sp³-hybridized carbons (Fsp3) is 0.250. The van der Waals surface area contributed by atoms with Crippen LogP contribution in [0.25, 0.3) is 16.7 Å². The zero-order valence-electron chi connectivity index (χ0n) is 16.4. The topological polar surface area (TPSA) is 97.2 Å². The first-order valence-electron chi connectivity index (χ1n) is 8.94. The molecule has 0 aliphatic heterocycles. The standard InChI is InChI=1S/C20H21N5O3S/c1-13-7-6-10-16(22-13)25-19(28)14-8-4-5-9-15(14)23-20(25)29-12-18(27)24(3)11-17(26)21-2/h4-10H,11-12H2,1-3H3,(H,21,26). The van der Waals surface area contributed by atoms with Crippen molar-refractivity contribution in [3.63, 3.8) is 0 Å². The number of aromatic nitrogens is 3. The van der Waals surface area contributed by atoms with Gasteiger partial charge in [0.1, 0.15) is 5.82 Å². The summed E-state index contributed by atoms with van der Waals surface area (Å²) in [7, 11) is 3.07. The van der Waals surface area contributed by atoms with E-state index < -0.39 is 0 Å². The maximum atomic E-state index is 13.1. The van der Waals surface area contributed by atoms with E-state index in [1.807, 2.05) is 19.1 Å². The fourth-order valence-electron chi connectivity index (χ4n) is 2.68. The molecule has 0 saturated carbocycles. The third-order valence-corrected chi connectivity index (χ3v) is 5.18. The molecule has 0 unspecified atom stereocenters. The number of thioether (sulfide) groups is 1. The zero-order chi connectivity index (χ0) is 21.0. The molecule has 8 nitrogen and oxygen atoms in total. The zero-order valence-corrected chi connectivity index (χ0v) is 17.2. The van der Waals surface area contributed by atoms with Gasteiger partial charge >= 0.3 is 0 Å². The summed E-state index contributed by atoms with van der Waals surface area (Å²) >= 11 is 1.14. The van der Waals surface area contributed by atoms with Gasteiger partial charge in [-0.05, 0) is 31.2 Å². The lowest BCUT2D eigenvalue weighted by atomic mass is 10.2. The van der Waals surface area contributed by atoms with Gasteiger partial charge in [0.05, 0.1) is 23.2 Å². The lowest BCUT2D eigenvalue weighted by Gasteiger charge is -2.17. The van der Waals surface area contributed by atoms with Crippen LogP contribution < -0.4 is 10.9 Å². The predicted octanol–water partition coefficient (Wildman–Crippen LogP) is 1.39. The van der Waals surface area contributed by atoms with Crippen LogP contribution in [0, 0.1) is 6.92 Å². The Kier molecular flexibility index (Phi) is 6.28. The molecule has 1 aromatic carbocycles. The summed E-state index contributed by atoms with van der Waals surface area (Å²) in [4.78, 5) is 47.4. The molecule has 0 spiro atoms. The lowest BCUT2D eigenvalue weighted by Crippen LogP contribution is -2.37. The number of nitrogens with zero attached hydrogens (tertiary/aromatic N) is 4. The molecule has 150 valence electrons. The summed E-state index contributed by atoms with van der Waals surface area (Å²) in [6, 6.07) is 12.4. The van der Waals surface area contributed by atoms with Gasteiger partial charge in [0, 0.05) is 19.8 Å². The molecule has 29 heavy (non-hydrogen) atoms. The first kappa shape index (κ1) is 20.5. The smallest absolute Gasteiger partial charge is 0.267 e. The van der Waals surface area contributed by atoms with Crippen LogP contribution in [0.15, 0.2) is 52.4 Å². The molecule has 0 saturated heterocycles. The molecule has 3 rings (SSSR count). The van der Waals surface area contributed by atoms with E-state index in [4.69, 9.17) is 0 Å². The van der Waals surface area contributed by atoms with Crippen LogP contribution in [0.2, 0.25) is 0 Å². The molecule has 2 heterocycles. The van der Waals surface area contributed by atoms with Crippen molar-refractivity contribution in [1.82, 2.24) is 24.8 Å². The number of likely N-dealkylation sites (N-methyl/N-ethyl adjacent to an activating group) is 2. The van der Waals surface area contributed by atoms with Crippen LogP contribution in [0.4, 0.5) is 0 Å². The van der Waals surface area contributed by atoms with Gasteiger partial charge in [-0.1, -0.05) is 30.0 Å². The summed E-state index contributed by atoms with van der Waals surface area (Å²) in [6.45, 7) is 1.81. The molecule has 0 aliphatic carbocycles. The van der Waals surface area contributed by atoms with Crippen molar-refractivity contribution in [2.75, 3.05) is 26.4 Å². The molecule has 0 bridgehead atoms. The highest BCUT2D eigenvalue weighted by atomic mass is 32.2. The van der Waals surface area contributed by atoms with Crippen molar-refractivity contribution in [2.45, 2.75) is 12.1 Å². The summed E-state index contributed by atoms with van der Waals surface area (Å²) in [6.07, 6.45) is 0. The average Bonchev–Trinajstić information content (AvgIpc) is 2.71. The molecule has 9 heteroatoms. The number of nitrogens with one attached hydrogen (secondary N) is 1. The summed E-state index contributed by atoms with van der Waals surface area (Å²) in [5, 5.41) is 3.33. The second kappa shape index (κ2) is 8.87. The maximum absolute atomic E-state index is 13.1. The van der Waals surface area contributed by atoms with Crippen LogP contribution >= 0.6 is 11.8 Å². The minimum Gasteiger partial charge on any atom is -0.358 e. The SMILES string of the molecule is CNC(=O)CN(C)C(=O)CSc1nc2ccccc2c(=O)n1-c1cccc(C)n1. The number of carbonyl (C=O) groups is 2. The van der Waals surface area contributed by atoms with Crippen molar-refractivity contribution in [1.29, 1.82) is 0 Å². The van der Waals surface area contributed by atoms with Gasteiger partial charge in [0.15, 0.2) is 5.16 Å². The molecule has 1 N–H and O–H groups in total. The highest BCUT2D eigenvalue weighted by Gasteiger charge is 2.18. The van der Waals surface area contributed by atoms with Crippen molar-refractivity contribution in [2.24, 2.45) is 0 Å². The predicted molar refractivity (Wildman–Crippen MR) is 112 cm³/mol. The number of pyridine rings is 1. The van der Waals surface area contributed by atoms with E-state index in [-0.39, 0.29) is 29.7 Å². The van der Waals surface area contributed by atoms with Gasteiger partial charge in [-0.25, -0.2) is 14.5 Å². The van der Waals surface area contributed by atoms with Gasteiger partial charge in [0.25, 0.3) is 5.56 Å². The number of aryl methyl sites for hydroxylation is 1. The minimum atomic E-state index is -0.254. The van der Waals surface area contributed by atoms with Gasteiger partial charge < -0.3 is 10.2 Å². The number of para-hydroxylation sites is 1. The van der Waals surface area contributed by atoms with Gasteiger partial charge in [-0.15, -0.1) is 0 Å². The molecular formula is C20H21N5O3S. The highest BCUT2D eigenvalue weighted by Crippen LogP contribution is 2.21. The molecule has 0 radical (unpaired) electrons. The Morgan fingerprint density at radius 1 is 1.14 bits per heavy atom. The second-order valence-corrected chi connectivity index (χ2v) is 7.34. The normalized spacial score (nSPS) is 10.7. The second-order valence-electron chi connectivity index (χ2n) is 6.40. The monoisotopic (exact) mass is 411 g/mol. The Morgan fingerprint density at radius 3 is 2.62 bits per heavy atom. The van der Waals surface area contributed by atoms with Gasteiger partial charge in [0.2, 0.25) is 11.8 Å². The molecule has 2 amide bonds. The van der Waals surface area contributed by atoms with E-state index in [0.29, 0.717) is 21.9 Å². The lowest BCUT2D eigenvalue weighted by molar-refractivity contribution is -0.132. The van der Waals surface area contributed by atoms with Gasteiger partial charge in [-0.3, -0.25) is 14.4 Å². The Morgan fingerprint density at radius 2 is 1.90 bits per heavy atom. The van der Waals surface area contributed by atoms with Crippen LogP contribution in [0.5, 0.6) is 0 Å². The highest BCUT2D eigenvalue weighted by molar-refractivity contribution is 7.99. The maximum Gasteiger partial charge on any atom is 0.267 e. The van der Waals surface area contributed by atoms with Gasteiger partial charge in [-0.2, -0.15) is 0 Å². The Labute approximate surface area is 172 Å². The Balaban J connectivity index is 1.98. The summed E-state index contributed by atoms with van der Waals surface area (Å²) in [5.41, 5.74) is 1.07. The van der Waals surface area contributed by atoms with E-state index >= 15 is 0 Å². The quantitative estimate of drug-likeness (QED) is 0.486. The van der Waals surface area contributed by atoms with Crippen LogP contribution in [0.3, 0.4) is 0 Å². The number of hydrogen-bond donors (Lipinski definition) is 1. The summed E-state index contributed by atoms with van der Waals surface area (Å²) < 4.78 is 1.42. The Hall–Kier alpha value is -3.20. The number of fused-ring (bicyclic) bond motifs is 1. The number of hydrogen-bond acceptors (Lipinski definition) is 6. The van der Waals surface area contributed by atoms with Crippen LogP contribution in [0.1, 0.15) is 5.69 Å². The molecular weight excluding hydrogens is 390 g/mol. The van der Waals surface area contributed by atoms with Crippen molar-refractivity contribution >= 4 is 34.5 Å². The van der Waals surface area contributed by atoms with E-state index in [9.17, 15) is 14.4 Å². The van der Waals surface area contributed by atoms with E-state index in [2.05, 4.69) is 15.3 Å². The number of rotatable bonds is 6. The Bertz CT molecular complexity index is 1130. The fourth-order valence-corrected chi connectivity index (χ4v) is 3.62. The molecule has 0 atom stereocenters. The van der Waals surface area contributed by atoms with Crippen molar-refractivity contribution in [3.8, 4) is 5.82 Å². The number of benzene rings is 1. The first-order chi connectivity index (χ1) is 13.9. The molecule has 0 fully saturated rings.